The van der Waals surface area contributed by atoms with Crippen LogP contribution in [0.3, 0.4) is 0 Å². The Morgan fingerprint density at radius 1 is 1.71 bits per heavy atom. The van der Waals surface area contributed by atoms with Crippen LogP contribution < -0.4 is 5.73 Å². The van der Waals surface area contributed by atoms with Gasteiger partial charge in [0.2, 0.25) is 0 Å². The van der Waals surface area contributed by atoms with Gasteiger partial charge in [0.15, 0.2) is 0 Å². The lowest BCUT2D eigenvalue weighted by atomic mass is 9.90. The van der Waals surface area contributed by atoms with Gasteiger partial charge in [-0.1, -0.05) is 0 Å². The maximum Gasteiger partial charge on any atom is 0.105 e. The second-order valence-corrected chi connectivity index (χ2v) is 4.43. The molecule has 14 heavy (non-hydrogen) atoms. The summed E-state index contributed by atoms with van der Waals surface area (Å²) in [6.45, 7) is 5.30. The Hall–Kier alpha value is -0.830. The molecule has 3 heteroatoms. The first-order chi connectivity index (χ1) is 6.68. The quantitative estimate of drug-likeness (QED) is 0.778. The third-order valence-corrected chi connectivity index (χ3v) is 3.09. The molecule has 0 saturated carbocycles. The Balaban J connectivity index is 2.22. The summed E-state index contributed by atoms with van der Waals surface area (Å²) in [4.78, 5) is 4.38. The fraction of sp³-hybridized carbons (Fsp3) is 0.727. The van der Waals surface area contributed by atoms with Gasteiger partial charge < -0.3 is 10.3 Å². The first-order valence-electron chi connectivity index (χ1n) is 5.46. The predicted molar refractivity (Wildman–Crippen MR) is 57.2 cm³/mol. The van der Waals surface area contributed by atoms with E-state index < -0.39 is 0 Å². The minimum Gasteiger partial charge on any atom is -0.332 e. The second-order valence-electron chi connectivity index (χ2n) is 4.43. The van der Waals surface area contributed by atoms with Gasteiger partial charge in [-0.15, -0.1) is 0 Å². The Morgan fingerprint density at radius 2 is 2.50 bits per heavy atom. The highest BCUT2D eigenvalue weighted by Gasteiger charge is 2.22. The molecule has 2 atom stereocenters. The highest BCUT2D eigenvalue weighted by atomic mass is 15.1. The predicted octanol–water partition coefficient (Wildman–Crippen LogP) is 1.81. The van der Waals surface area contributed by atoms with Crippen LogP contribution in [0.15, 0.2) is 6.20 Å². The van der Waals surface area contributed by atoms with Crippen LogP contribution in [0.5, 0.6) is 0 Å². The van der Waals surface area contributed by atoms with Gasteiger partial charge in [0.25, 0.3) is 0 Å². The number of aromatic nitrogens is 2. The zero-order valence-corrected chi connectivity index (χ0v) is 9.03. The van der Waals surface area contributed by atoms with Gasteiger partial charge in [-0.05, 0) is 33.1 Å². The van der Waals surface area contributed by atoms with Crippen molar-refractivity contribution in [1.29, 1.82) is 0 Å². The molecule has 3 nitrogen and oxygen atoms in total. The largest absolute Gasteiger partial charge is 0.332 e. The number of nitrogens with two attached hydrogens (primary N) is 1. The Bertz CT molecular complexity index is 314. The number of nitrogens with zero attached hydrogens (tertiary/aromatic N) is 2. The van der Waals surface area contributed by atoms with Crippen LogP contribution in [0.2, 0.25) is 0 Å². The molecular formula is C11H19N3. The smallest absolute Gasteiger partial charge is 0.105 e. The van der Waals surface area contributed by atoms with Gasteiger partial charge in [0, 0.05) is 30.4 Å². The molecule has 0 radical (unpaired) electrons. The van der Waals surface area contributed by atoms with Crippen LogP contribution in [0.4, 0.5) is 0 Å². The summed E-state index contributed by atoms with van der Waals surface area (Å²) in [6, 6.07) is 0.293. The van der Waals surface area contributed by atoms with Crippen LogP contribution in [-0.2, 0) is 6.54 Å². The minimum absolute atomic E-state index is 0.293. The molecule has 78 valence electrons. The van der Waals surface area contributed by atoms with Crippen molar-refractivity contribution < 1.29 is 0 Å². The lowest BCUT2D eigenvalue weighted by Gasteiger charge is -2.26. The molecule has 0 saturated heterocycles. The van der Waals surface area contributed by atoms with Gasteiger partial charge in [-0.2, -0.15) is 0 Å². The molecule has 0 bridgehead atoms. The van der Waals surface area contributed by atoms with Gasteiger partial charge >= 0.3 is 0 Å². The summed E-state index contributed by atoms with van der Waals surface area (Å²) in [6.07, 6.45) is 5.65. The summed E-state index contributed by atoms with van der Waals surface area (Å²) < 4.78 is 2.34. The van der Waals surface area contributed by atoms with Crippen molar-refractivity contribution in [3.8, 4) is 0 Å². The average molecular weight is 193 g/mol. The summed E-state index contributed by atoms with van der Waals surface area (Å²) in [5.74, 6) is 1.78. The van der Waals surface area contributed by atoms with E-state index in [1.165, 1.54) is 18.5 Å². The number of hydrogen-bond donors (Lipinski definition) is 1. The molecule has 0 aliphatic carbocycles. The van der Waals surface area contributed by atoms with E-state index in [0.29, 0.717) is 12.0 Å². The number of rotatable bonds is 2. The maximum atomic E-state index is 5.86. The number of fused-ring (bicyclic) bond motifs is 1. The van der Waals surface area contributed by atoms with Gasteiger partial charge in [0.05, 0.1) is 0 Å². The normalized spacial score (nSPS) is 23.2. The standard InChI is InChI=1S/C11H19N3/c1-8(12)6-10-4-3-5-14-9(2)13-7-11(10)14/h7-8,10H,3-6,12H2,1-2H3. The third-order valence-electron chi connectivity index (χ3n) is 3.09. The van der Waals surface area contributed by atoms with Crippen molar-refractivity contribution in [2.75, 3.05) is 0 Å². The maximum absolute atomic E-state index is 5.86. The van der Waals surface area contributed by atoms with Crippen molar-refractivity contribution in [2.45, 2.75) is 51.6 Å². The highest BCUT2D eigenvalue weighted by molar-refractivity contribution is 5.13. The zero-order chi connectivity index (χ0) is 10.1. The van der Waals surface area contributed by atoms with E-state index in [1.807, 2.05) is 6.20 Å². The molecule has 1 aromatic heterocycles. The van der Waals surface area contributed by atoms with E-state index in [0.717, 1.165) is 18.8 Å². The monoisotopic (exact) mass is 193 g/mol. The summed E-state index contributed by atoms with van der Waals surface area (Å²) in [7, 11) is 0. The third kappa shape index (κ3) is 1.69. The Kier molecular flexibility index (Phi) is 2.59. The Morgan fingerprint density at radius 3 is 3.21 bits per heavy atom. The first-order valence-corrected chi connectivity index (χ1v) is 5.46. The number of aryl methyl sites for hydroxylation is 1. The van der Waals surface area contributed by atoms with E-state index >= 15 is 0 Å². The first kappa shape index (κ1) is 9.71. The van der Waals surface area contributed by atoms with E-state index in [4.69, 9.17) is 5.73 Å². The van der Waals surface area contributed by atoms with Crippen LogP contribution in [0.25, 0.3) is 0 Å². The van der Waals surface area contributed by atoms with Crippen molar-refractivity contribution in [3.63, 3.8) is 0 Å². The zero-order valence-electron chi connectivity index (χ0n) is 9.03. The molecule has 2 heterocycles. The molecular weight excluding hydrogens is 174 g/mol. The van der Waals surface area contributed by atoms with Crippen molar-refractivity contribution in [2.24, 2.45) is 5.73 Å². The molecule has 0 aromatic carbocycles. The average Bonchev–Trinajstić information content (AvgIpc) is 2.49. The summed E-state index contributed by atoms with van der Waals surface area (Å²) in [5.41, 5.74) is 7.25. The minimum atomic E-state index is 0.293. The molecule has 1 aromatic rings. The van der Waals surface area contributed by atoms with Crippen molar-refractivity contribution in [1.82, 2.24) is 9.55 Å². The summed E-state index contributed by atoms with van der Waals surface area (Å²) >= 11 is 0. The van der Waals surface area contributed by atoms with E-state index in [2.05, 4.69) is 23.4 Å². The van der Waals surface area contributed by atoms with E-state index in [-0.39, 0.29) is 0 Å². The fourth-order valence-corrected chi connectivity index (χ4v) is 2.43. The number of imidazole rings is 1. The van der Waals surface area contributed by atoms with E-state index in [1.54, 1.807) is 0 Å². The van der Waals surface area contributed by atoms with Crippen LogP contribution in [0, 0.1) is 6.92 Å². The second kappa shape index (κ2) is 3.73. The van der Waals surface area contributed by atoms with Crippen LogP contribution >= 0.6 is 0 Å². The van der Waals surface area contributed by atoms with E-state index in [9.17, 15) is 0 Å². The lowest BCUT2D eigenvalue weighted by Crippen LogP contribution is -2.23. The molecule has 1 aliphatic rings. The van der Waals surface area contributed by atoms with Gasteiger partial charge in [-0.3, -0.25) is 0 Å². The molecule has 0 fully saturated rings. The lowest BCUT2D eigenvalue weighted by molar-refractivity contribution is 0.412. The van der Waals surface area contributed by atoms with Crippen molar-refractivity contribution >= 4 is 0 Å². The van der Waals surface area contributed by atoms with Crippen LogP contribution in [-0.4, -0.2) is 15.6 Å². The van der Waals surface area contributed by atoms with Gasteiger partial charge in [0.1, 0.15) is 5.82 Å². The molecule has 2 rings (SSSR count). The Labute approximate surface area is 85.3 Å². The van der Waals surface area contributed by atoms with Crippen LogP contribution in [0.1, 0.15) is 43.6 Å². The topological polar surface area (TPSA) is 43.8 Å². The SMILES string of the molecule is Cc1ncc2n1CCCC2CC(C)N. The molecule has 0 amide bonds. The molecule has 2 unspecified atom stereocenters. The number of hydrogen-bond acceptors (Lipinski definition) is 2. The highest BCUT2D eigenvalue weighted by Crippen LogP contribution is 2.31. The molecule has 0 spiro atoms. The van der Waals surface area contributed by atoms with Crippen molar-refractivity contribution in [3.05, 3.63) is 17.7 Å². The fourth-order valence-electron chi connectivity index (χ4n) is 2.43. The summed E-state index contributed by atoms with van der Waals surface area (Å²) in [5, 5.41) is 0. The molecule has 1 aliphatic heterocycles. The van der Waals surface area contributed by atoms with Gasteiger partial charge in [-0.25, -0.2) is 4.98 Å². The molecule has 2 N–H and O–H groups in total.